The lowest BCUT2D eigenvalue weighted by Gasteiger charge is -2.31. The molecule has 0 bridgehead atoms. The summed E-state index contributed by atoms with van der Waals surface area (Å²) in [5, 5.41) is 0. The van der Waals surface area contributed by atoms with Gasteiger partial charge in [-0.3, -0.25) is 9.30 Å². The minimum absolute atomic E-state index is 0.183. The van der Waals surface area contributed by atoms with Crippen molar-refractivity contribution >= 4 is 5.65 Å². The van der Waals surface area contributed by atoms with Gasteiger partial charge in [0.05, 0.1) is 5.69 Å². The summed E-state index contributed by atoms with van der Waals surface area (Å²) >= 11 is 0. The highest BCUT2D eigenvalue weighted by atomic mass is 19.1. The quantitative estimate of drug-likeness (QED) is 0.716. The van der Waals surface area contributed by atoms with Crippen LogP contribution in [0.3, 0.4) is 0 Å². The van der Waals surface area contributed by atoms with E-state index in [4.69, 9.17) is 0 Å². The first-order valence-corrected chi connectivity index (χ1v) is 8.76. The molecule has 136 valence electrons. The number of hydrogen-bond donors (Lipinski definition) is 0. The standard InChI is InChI=1S/C19H22FN5O/c1-22-7-9-24(10-8-22)11-14-12-25-18(21-14)16(13-23(2)19(25)26)15-5-3-4-6-17(15)20/h3-6,12-13H,7-11H2,1-2H3. The summed E-state index contributed by atoms with van der Waals surface area (Å²) in [4.78, 5) is 21.8. The van der Waals surface area contributed by atoms with E-state index < -0.39 is 0 Å². The summed E-state index contributed by atoms with van der Waals surface area (Å²) < 4.78 is 17.3. The number of halogens is 1. The Balaban J connectivity index is 1.77. The van der Waals surface area contributed by atoms with Gasteiger partial charge in [-0.15, -0.1) is 0 Å². The molecule has 0 aliphatic carbocycles. The van der Waals surface area contributed by atoms with E-state index in [2.05, 4.69) is 21.8 Å². The van der Waals surface area contributed by atoms with Gasteiger partial charge in [0.2, 0.25) is 0 Å². The molecule has 3 aromatic rings. The van der Waals surface area contributed by atoms with E-state index in [0.717, 1.165) is 31.9 Å². The highest BCUT2D eigenvalue weighted by Gasteiger charge is 2.18. The lowest BCUT2D eigenvalue weighted by Crippen LogP contribution is -2.43. The molecule has 2 aromatic heterocycles. The number of likely N-dealkylation sites (N-methyl/N-ethyl adjacent to an activating group) is 1. The van der Waals surface area contributed by atoms with Crippen LogP contribution in [0.4, 0.5) is 4.39 Å². The van der Waals surface area contributed by atoms with Crippen molar-refractivity contribution in [1.29, 1.82) is 0 Å². The molecule has 1 aromatic carbocycles. The molecule has 1 aliphatic rings. The summed E-state index contributed by atoms with van der Waals surface area (Å²) in [5.41, 5.74) is 2.22. The first-order chi connectivity index (χ1) is 12.5. The summed E-state index contributed by atoms with van der Waals surface area (Å²) in [7, 11) is 3.79. The summed E-state index contributed by atoms with van der Waals surface area (Å²) in [5.74, 6) is -0.323. The van der Waals surface area contributed by atoms with Gasteiger partial charge < -0.3 is 9.47 Å². The molecule has 0 atom stereocenters. The Morgan fingerprint density at radius 2 is 1.77 bits per heavy atom. The third kappa shape index (κ3) is 3.04. The molecule has 6 nitrogen and oxygen atoms in total. The zero-order valence-electron chi connectivity index (χ0n) is 15.0. The van der Waals surface area contributed by atoms with Crippen molar-refractivity contribution in [3.8, 4) is 11.1 Å². The van der Waals surface area contributed by atoms with Gasteiger partial charge in [-0.05, 0) is 13.1 Å². The maximum atomic E-state index is 14.3. The van der Waals surface area contributed by atoms with Crippen molar-refractivity contribution in [1.82, 2.24) is 23.8 Å². The van der Waals surface area contributed by atoms with Gasteiger partial charge in [0.15, 0.2) is 5.65 Å². The number of rotatable bonds is 3. The number of hydrogen-bond acceptors (Lipinski definition) is 4. The van der Waals surface area contributed by atoms with Crippen LogP contribution in [0.5, 0.6) is 0 Å². The SMILES string of the molecule is CN1CCN(Cc2cn3c(=O)n(C)cc(-c4ccccc4F)c3n2)CC1. The second-order valence-electron chi connectivity index (χ2n) is 6.92. The van der Waals surface area contributed by atoms with E-state index >= 15 is 0 Å². The summed E-state index contributed by atoms with van der Waals surface area (Å²) in [6, 6.07) is 6.57. The number of benzene rings is 1. The Labute approximate surface area is 151 Å². The molecule has 0 radical (unpaired) electrons. The number of fused-ring (bicyclic) bond motifs is 1. The maximum absolute atomic E-state index is 14.3. The van der Waals surface area contributed by atoms with E-state index in [1.807, 2.05) is 0 Å². The number of imidazole rings is 1. The second kappa shape index (κ2) is 6.66. The highest BCUT2D eigenvalue weighted by Crippen LogP contribution is 2.25. The molecular weight excluding hydrogens is 333 g/mol. The highest BCUT2D eigenvalue weighted by molar-refractivity contribution is 5.77. The molecule has 1 aliphatic heterocycles. The van der Waals surface area contributed by atoms with Gasteiger partial charge in [-0.1, -0.05) is 18.2 Å². The van der Waals surface area contributed by atoms with Crippen molar-refractivity contribution in [2.24, 2.45) is 7.05 Å². The van der Waals surface area contributed by atoms with E-state index in [9.17, 15) is 9.18 Å². The molecule has 26 heavy (non-hydrogen) atoms. The molecule has 4 rings (SSSR count). The predicted octanol–water partition coefficient (Wildman–Crippen LogP) is 1.59. The third-order valence-electron chi connectivity index (χ3n) is 4.97. The molecule has 1 fully saturated rings. The molecular formula is C19H22FN5O. The van der Waals surface area contributed by atoms with Crippen LogP contribution < -0.4 is 5.69 Å². The van der Waals surface area contributed by atoms with Gasteiger partial charge in [0, 0.05) is 63.3 Å². The Hall–Kier alpha value is -2.51. The first-order valence-electron chi connectivity index (χ1n) is 8.76. The van der Waals surface area contributed by atoms with Crippen molar-refractivity contribution in [2.75, 3.05) is 33.2 Å². The Kier molecular flexibility index (Phi) is 4.34. The van der Waals surface area contributed by atoms with Gasteiger partial charge in [0.25, 0.3) is 0 Å². The lowest BCUT2D eigenvalue weighted by atomic mass is 10.1. The van der Waals surface area contributed by atoms with Crippen molar-refractivity contribution < 1.29 is 4.39 Å². The van der Waals surface area contributed by atoms with Gasteiger partial charge in [-0.2, -0.15) is 0 Å². The summed E-state index contributed by atoms with van der Waals surface area (Å²) in [6.45, 7) is 4.69. The fourth-order valence-corrected chi connectivity index (χ4v) is 3.42. The molecule has 1 saturated heterocycles. The molecule has 0 unspecified atom stereocenters. The normalized spacial score (nSPS) is 16.4. The minimum atomic E-state index is -0.323. The van der Waals surface area contributed by atoms with E-state index in [1.165, 1.54) is 15.0 Å². The predicted molar refractivity (Wildman–Crippen MR) is 98.6 cm³/mol. The third-order valence-corrected chi connectivity index (χ3v) is 4.97. The molecule has 0 amide bonds. The fraction of sp³-hybridized carbons (Fsp3) is 0.368. The van der Waals surface area contributed by atoms with Gasteiger partial charge in [0.1, 0.15) is 5.82 Å². The number of aromatic nitrogens is 3. The Bertz CT molecular complexity index is 1000. The molecule has 3 heterocycles. The van der Waals surface area contributed by atoms with Crippen LogP contribution >= 0.6 is 0 Å². The van der Waals surface area contributed by atoms with Crippen LogP contribution in [0.15, 0.2) is 41.5 Å². The number of aryl methyl sites for hydroxylation is 1. The van der Waals surface area contributed by atoms with Crippen LogP contribution in [0, 0.1) is 5.82 Å². The summed E-state index contributed by atoms with van der Waals surface area (Å²) in [6.07, 6.45) is 3.43. The smallest absolute Gasteiger partial charge is 0.304 e. The molecule has 0 spiro atoms. The average molecular weight is 355 g/mol. The van der Waals surface area contributed by atoms with Crippen LogP contribution in [0.2, 0.25) is 0 Å². The fourth-order valence-electron chi connectivity index (χ4n) is 3.42. The van der Waals surface area contributed by atoms with Crippen LogP contribution in [-0.2, 0) is 13.6 Å². The van der Waals surface area contributed by atoms with E-state index in [1.54, 1.807) is 37.6 Å². The second-order valence-corrected chi connectivity index (χ2v) is 6.92. The van der Waals surface area contributed by atoms with E-state index in [0.29, 0.717) is 23.3 Å². The molecule has 7 heteroatoms. The Morgan fingerprint density at radius 3 is 2.50 bits per heavy atom. The van der Waals surface area contributed by atoms with Gasteiger partial charge in [-0.25, -0.2) is 14.2 Å². The van der Waals surface area contributed by atoms with Gasteiger partial charge >= 0.3 is 5.69 Å². The van der Waals surface area contributed by atoms with Crippen LogP contribution in [0.25, 0.3) is 16.8 Å². The van der Waals surface area contributed by atoms with E-state index in [-0.39, 0.29) is 11.5 Å². The topological polar surface area (TPSA) is 45.8 Å². The van der Waals surface area contributed by atoms with Crippen LogP contribution in [-0.4, -0.2) is 57.0 Å². The largest absolute Gasteiger partial charge is 0.333 e. The minimum Gasteiger partial charge on any atom is -0.304 e. The molecule has 0 saturated carbocycles. The maximum Gasteiger partial charge on any atom is 0.333 e. The van der Waals surface area contributed by atoms with Crippen molar-refractivity contribution in [2.45, 2.75) is 6.54 Å². The number of nitrogens with zero attached hydrogens (tertiary/aromatic N) is 5. The lowest BCUT2D eigenvalue weighted by molar-refractivity contribution is 0.147. The zero-order valence-corrected chi connectivity index (χ0v) is 15.0. The average Bonchev–Trinajstić information content (AvgIpc) is 3.05. The first kappa shape index (κ1) is 16.9. The monoisotopic (exact) mass is 355 g/mol. The number of piperazine rings is 1. The van der Waals surface area contributed by atoms with Crippen LogP contribution in [0.1, 0.15) is 5.69 Å². The van der Waals surface area contributed by atoms with Crippen molar-refractivity contribution in [3.63, 3.8) is 0 Å². The molecule has 0 N–H and O–H groups in total. The Morgan fingerprint density at radius 1 is 1.04 bits per heavy atom. The van der Waals surface area contributed by atoms with Crippen molar-refractivity contribution in [3.05, 3.63) is 58.7 Å². The zero-order chi connectivity index (χ0) is 18.3.